The van der Waals surface area contributed by atoms with Crippen molar-refractivity contribution < 1.29 is 28.3 Å². The summed E-state index contributed by atoms with van der Waals surface area (Å²) in [6.07, 6.45) is 1.55. The lowest BCUT2D eigenvalue weighted by atomic mass is 10.0. The summed E-state index contributed by atoms with van der Waals surface area (Å²) in [5.74, 6) is -0.921. The molecule has 0 spiro atoms. The zero-order chi connectivity index (χ0) is 27.9. The first-order chi connectivity index (χ1) is 18.7. The van der Waals surface area contributed by atoms with Crippen LogP contribution in [0.25, 0.3) is 21.9 Å². The quantitative estimate of drug-likeness (QED) is 0.224. The Kier molecular flexibility index (Phi) is 9.08. The van der Waals surface area contributed by atoms with Crippen LogP contribution in [-0.4, -0.2) is 41.2 Å². The number of carbonyl (C=O) groups excluding carboxylic acids is 2. The standard InChI is InChI=1S/C29H30N2O7S/c1-17-14-37-24-13-25-22(12-21(17)24)18(2)20(29(36)38-25)8-9-26(32)31-23(28(35)30-11-10-27(33)34)16-39-15-19-6-4-3-5-7-19/h3-7,12-14,23H,8-11,15-16H2,1-2H3,(H,30,35)(H,31,32)(H,33,34). The fourth-order valence-electron chi connectivity index (χ4n) is 4.30. The molecule has 0 radical (unpaired) electrons. The van der Waals surface area contributed by atoms with E-state index in [2.05, 4.69) is 10.6 Å². The number of nitrogens with one attached hydrogen (secondary N) is 2. The molecule has 4 rings (SSSR count). The van der Waals surface area contributed by atoms with Gasteiger partial charge in [0, 0.05) is 46.9 Å². The first kappa shape index (κ1) is 28.0. The molecule has 0 bridgehead atoms. The Morgan fingerprint density at radius 3 is 2.54 bits per heavy atom. The molecule has 0 aliphatic rings. The van der Waals surface area contributed by atoms with Gasteiger partial charge in [-0.15, -0.1) is 0 Å². The molecule has 4 aromatic rings. The number of carbonyl (C=O) groups is 3. The zero-order valence-corrected chi connectivity index (χ0v) is 22.6. The van der Waals surface area contributed by atoms with E-state index in [9.17, 15) is 19.2 Å². The van der Waals surface area contributed by atoms with E-state index in [0.29, 0.717) is 28.2 Å². The van der Waals surface area contributed by atoms with Gasteiger partial charge in [-0.3, -0.25) is 14.4 Å². The average Bonchev–Trinajstić information content (AvgIpc) is 3.26. The number of thioether (sulfide) groups is 1. The summed E-state index contributed by atoms with van der Waals surface area (Å²) >= 11 is 1.48. The van der Waals surface area contributed by atoms with Gasteiger partial charge in [-0.05, 0) is 43.0 Å². The lowest BCUT2D eigenvalue weighted by molar-refractivity contribution is -0.137. The molecule has 2 amide bonds. The first-order valence-electron chi connectivity index (χ1n) is 12.6. The van der Waals surface area contributed by atoms with Gasteiger partial charge in [-0.25, -0.2) is 4.79 Å². The lowest BCUT2D eigenvalue weighted by Crippen LogP contribution is -2.48. The molecule has 0 aliphatic heterocycles. The van der Waals surface area contributed by atoms with E-state index < -0.39 is 29.5 Å². The second-order valence-electron chi connectivity index (χ2n) is 9.31. The minimum absolute atomic E-state index is 0.0215. The second kappa shape index (κ2) is 12.7. The first-order valence-corrected chi connectivity index (χ1v) is 13.7. The molecule has 0 aliphatic carbocycles. The van der Waals surface area contributed by atoms with Crippen molar-refractivity contribution in [2.75, 3.05) is 12.3 Å². The van der Waals surface area contributed by atoms with Crippen LogP contribution >= 0.6 is 11.8 Å². The van der Waals surface area contributed by atoms with Gasteiger partial charge in [-0.2, -0.15) is 11.8 Å². The number of benzene rings is 2. The van der Waals surface area contributed by atoms with Gasteiger partial charge in [0.25, 0.3) is 0 Å². The fraction of sp³-hybridized carbons (Fsp3) is 0.310. The predicted molar refractivity (Wildman–Crippen MR) is 150 cm³/mol. The largest absolute Gasteiger partial charge is 0.481 e. The van der Waals surface area contributed by atoms with E-state index in [-0.39, 0.29) is 25.8 Å². The van der Waals surface area contributed by atoms with Crippen LogP contribution < -0.4 is 16.3 Å². The number of hydrogen-bond donors (Lipinski definition) is 3. The highest BCUT2D eigenvalue weighted by molar-refractivity contribution is 7.98. The van der Waals surface area contributed by atoms with Crippen LogP contribution in [0.4, 0.5) is 0 Å². The highest BCUT2D eigenvalue weighted by atomic mass is 32.2. The molecule has 0 saturated carbocycles. The molecule has 2 aromatic heterocycles. The third kappa shape index (κ3) is 7.08. The number of hydrogen-bond acceptors (Lipinski definition) is 7. The van der Waals surface area contributed by atoms with Crippen LogP contribution in [0.3, 0.4) is 0 Å². The summed E-state index contributed by atoms with van der Waals surface area (Å²) in [6.45, 7) is 3.72. The monoisotopic (exact) mass is 550 g/mol. The summed E-state index contributed by atoms with van der Waals surface area (Å²) in [5, 5.41) is 15.9. The van der Waals surface area contributed by atoms with Crippen LogP contribution in [0.2, 0.25) is 0 Å². The van der Waals surface area contributed by atoms with Gasteiger partial charge in [-0.1, -0.05) is 30.3 Å². The average molecular weight is 551 g/mol. The number of amides is 2. The third-order valence-electron chi connectivity index (χ3n) is 6.46. The van der Waals surface area contributed by atoms with Crippen molar-refractivity contribution in [3.63, 3.8) is 0 Å². The maximum atomic E-state index is 12.9. The Labute approximate surface area is 228 Å². The molecule has 10 heteroatoms. The van der Waals surface area contributed by atoms with Gasteiger partial charge in [0.05, 0.1) is 12.7 Å². The normalized spacial score (nSPS) is 11.9. The topological polar surface area (TPSA) is 139 Å². The zero-order valence-electron chi connectivity index (χ0n) is 21.7. The van der Waals surface area contributed by atoms with Crippen molar-refractivity contribution in [3.05, 3.63) is 81.4 Å². The van der Waals surface area contributed by atoms with Crippen molar-refractivity contribution in [2.24, 2.45) is 0 Å². The molecule has 39 heavy (non-hydrogen) atoms. The molecule has 0 fully saturated rings. The van der Waals surface area contributed by atoms with E-state index in [0.717, 1.165) is 27.5 Å². The van der Waals surface area contributed by atoms with Crippen LogP contribution in [-0.2, 0) is 26.6 Å². The van der Waals surface area contributed by atoms with Crippen molar-refractivity contribution >= 4 is 51.5 Å². The third-order valence-corrected chi connectivity index (χ3v) is 7.57. The second-order valence-corrected chi connectivity index (χ2v) is 10.3. The van der Waals surface area contributed by atoms with Gasteiger partial charge in [0.2, 0.25) is 11.8 Å². The Bertz CT molecular complexity index is 1560. The van der Waals surface area contributed by atoms with Crippen molar-refractivity contribution in [1.29, 1.82) is 0 Å². The van der Waals surface area contributed by atoms with E-state index in [1.165, 1.54) is 11.8 Å². The van der Waals surface area contributed by atoms with E-state index in [1.54, 1.807) is 12.3 Å². The number of aliphatic carboxylic acids is 1. The Balaban J connectivity index is 1.43. The number of aryl methyl sites for hydroxylation is 2. The number of fused-ring (bicyclic) bond motifs is 2. The highest BCUT2D eigenvalue weighted by Gasteiger charge is 2.22. The molecule has 0 saturated heterocycles. The van der Waals surface area contributed by atoms with E-state index >= 15 is 0 Å². The maximum Gasteiger partial charge on any atom is 0.339 e. The molecule has 1 unspecified atom stereocenters. The summed E-state index contributed by atoms with van der Waals surface area (Å²) in [4.78, 5) is 49.2. The molecule has 2 heterocycles. The van der Waals surface area contributed by atoms with Crippen molar-refractivity contribution in [1.82, 2.24) is 10.6 Å². The molecule has 3 N–H and O–H groups in total. The van der Waals surface area contributed by atoms with E-state index in [1.807, 2.05) is 50.2 Å². The number of carboxylic acids is 1. The Morgan fingerprint density at radius 1 is 1.03 bits per heavy atom. The molecule has 1 atom stereocenters. The molecule has 204 valence electrons. The van der Waals surface area contributed by atoms with Gasteiger partial charge >= 0.3 is 11.6 Å². The molecule has 2 aromatic carbocycles. The van der Waals surface area contributed by atoms with Crippen LogP contribution in [0.5, 0.6) is 0 Å². The SMILES string of the molecule is Cc1coc2cc3oc(=O)c(CCC(=O)NC(CSCc4ccccc4)C(=O)NCCC(=O)O)c(C)c3cc12. The van der Waals surface area contributed by atoms with Gasteiger partial charge in [0.1, 0.15) is 17.2 Å². The Hall–Kier alpha value is -4.05. The molecule has 9 nitrogen and oxygen atoms in total. The van der Waals surface area contributed by atoms with E-state index in [4.69, 9.17) is 13.9 Å². The number of carboxylic acid groups (broad SMARTS) is 1. The maximum absolute atomic E-state index is 12.9. The fourth-order valence-corrected chi connectivity index (χ4v) is 5.32. The van der Waals surface area contributed by atoms with Gasteiger partial charge < -0.3 is 24.6 Å². The highest BCUT2D eigenvalue weighted by Crippen LogP contribution is 2.29. The lowest BCUT2D eigenvalue weighted by Gasteiger charge is -2.18. The van der Waals surface area contributed by atoms with Crippen molar-refractivity contribution in [2.45, 2.75) is 44.9 Å². The summed E-state index contributed by atoms with van der Waals surface area (Å²) < 4.78 is 11.1. The summed E-state index contributed by atoms with van der Waals surface area (Å²) in [6, 6.07) is 12.5. The predicted octanol–water partition coefficient (Wildman–Crippen LogP) is 4.10. The van der Waals surface area contributed by atoms with Crippen LogP contribution in [0, 0.1) is 13.8 Å². The van der Waals surface area contributed by atoms with Crippen molar-refractivity contribution in [3.8, 4) is 0 Å². The minimum Gasteiger partial charge on any atom is -0.481 e. The van der Waals surface area contributed by atoms with Gasteiger partial charge in [0.15, 0.2) is 0 Å². The number of rotatable bonds is 12. The summed E-state index contributed by atoms with van der Waals surface area (Å²) in [5.41, 5.74) is 3.72. The Morgan fingerprint density at radius 2 is 1.79 bits per heavy atom. The molecular formula is C29H30N2O7S. The number of furan rings is 1. The molecular weight excluding hydrogens is 520 g/mol. The smallest absolute Gasteiger partial charge is 0.339 e. The van der Waals surface area contributed by atoms with Crippen LogP contribution in [0.1, 0.15) is 35.1 Å². The van der Waals surface area contributed by atoms with Crippen LogP contribution in [0.15, 0.2) is 62.4 Å². The minimum atomic E-state index is -1.03. The summed E-state index contributed by atoms with van der Waals surface area (Å²) in [7, 11) is 0.